The van der Waals surface area contributed by atoms with Gasteiger partial charge >= 0.3 is 0 Å². The van der Waals surface area contributed by atoms with Crippen molar-refractivity contribution < 1.29 is 8.78 Å². The van der Waals surface area contributed by atoms with E-state index in [1.54, 1.807) is 6.07 Å². The summed E-state index contributed by atoms with van der Waals surface area (Å²) in [7, 11) is 0. The van der Waals surface area contributed by atoms with E-state index in [0.717, 1.165) is 24.0 Å². The molecular weight excluding hydrogens is 208 g/mol. The van der Waals surface area contributed by atoms with Crippen molar-refractivity contribution in [2.75, 3.05) is 0 Å². The number of halogens is 2. The summed E-state index contributed by atoms with van der Waals surface area (Å²) >= 11 is 0. The molecule has 1 aromatic rings. The maximum absolute atomic E-state index is 12.9. The minimum atomic E-state index is -0.796. The first-order chi connectivity index (χ1) is 7.65. The zero-order valence-corrected chi connectivity index (χ0v) is 9.26. The highest BCUT2D eigenvalue weighted by atomic mass is 19.2. The third-order valence-corrected chi connectivity index (χ3v) is 3.12. The third-order valence-electron chi connectivity index (χ3n) is 3.12. The predicted molar refractivity (Wildman–Crippen MR) is 60.0 cm³/mol. The first-order valence-corrected chi connectivity index (χ1v) is 5.84. The van der Waals surface area contributed by atoms with Crippen LogP contribution in [0.2, 0.25) is 0 Å². The topological polar surface area (TPSA) is 26.0 Å². The molecule has 0 saturated heterocycles. The molecule has 1 aliphatic rings. The Balaban J connectivity index is 1.84. The van der Waals surface area contributed by atoms with Gasteiger partial charge < -0.3 is 5.73 Å². The summed E-state index contributed by atoms with van der Waals surface area (Å²) in [4.78, 5) is 0. The summed E-state index contributed by atoms with van der Waals surface area (Å²) in [6.45, 7) is 0. The van der Waals surface area contributed by atoms with Gasteiger partial charge in [-0.3, -0.25) is 0 Å². The molecule has 1 aromatic carbocycles. The largest absolute Gasteiger partial charge is 0.327 e. The average molecular weight is 225 g/mol. The molecule has 0 radical (unpaired) electrons. The lowest BCUT2D eigenvalue weighted by Gasteiger charge is -2.11. The Bertz CT molecular complexity index is 361. The molecule has 0 spiro atoms. The quantitative estimate of drug-likeness (QED) is 0.819. The van der Waals surface area contributed by atoms with Gasteiger partial charge in [-0.15, -0.1) is 0 Å². The highest BCUT2D eigenvalue weighted by Gasteiger charge is 2.21. The molecule has 0 aliphatic heterocycles. The van der Waals surface area contributed by atoms with Gasteiger partial charge in [-0.25, -0.2) is 8.78 Å². The normalized spacial score (nSPS) is 17.4. The Kier molecular flexibility index (Phi) is 3.54. The molecule has 1 atom stereocenters. The van der Waals surface area contributed by atoms with Crippen LogP contribution in [0.4, 0.5) is 8.78 Å². The highest BCUT2D eigenvalue weighted by molar-refractivity contribution is 5.18. The van der Waals surface area contributed by atoms with Crippen LogP contribution < -0.4 is 5.73 Å². The van der Waals surface area contributed by atoms with E-state index in [2.05, 4.69) is 0 Å². The fourth-order valence-electron chi connectivity index (χ4n) is 1.93. The van der Waals surface area contributed by atoms with Crippen LogP contribution in [-0.4, -0.2) is 6.04 Å². The van der Waals surface area contributed by atoms with Crippen molar-refractivity contribution in [1.82, 2.24) is 0 Å². The summed E-state index contributed by atoms with van der Waals surface area (Å²) in [5, 5.41) is 0. The van der Waals surface area contributed by atoms with Crippen molar-refractivity contribution in [3.8, 4) is 0 Å². The number of benzene rings is 1. The van der Waals surface area contributed by atoms with Gasteiger partial charge in [0.25, 0.3) is 0 Å². The van der Waals surface area contributed by atoms with Crippen molar-refractivity contribution in [2.24, 2.45) is 11.7 Å². The minimum Gasteiger partial charge on any atom is -0.327 e. The lowest BCUT2D eigenvalue weighted by Crippen LogP contribution is -2.22. The maximum atomic E-state index is 12.9. The second-order valence-electron chi connectivity index (χ2n) is 4.73. The maximum Gasteiger partial charge on any atom is 0.159 e. The smallest absolute Gasteiger partial charge is 0.159 e. The molecule has 1 aliphatic carbocycles. The molecule has 0 amide bonds. The van der Waals surface area contributed by atoms with E-state index in [4.69, 9.17) is 5.73 Å². The second kappa shape index (κ2) is 4.91. The summed E-state index contributed by atoms with van der Waals surface area (Å²) in [6, 6.07) is 4.07. The van der Waals surface area contributed by atoms with Crippen LogP contribution in [0.5, 0.6) is 0 Å². The molecule has 16 heavy (non-hydrogen) atoms. The van der Waals surface area contributed by atoms with E-state index >= 15 is 0 Å². The van der Waals surface area contributed by atoms with Crippen LogP contribution in [0.3, 0.4) is 0 Å². The predicted octanol–water partition coefficient (Wildman–Crippen LogP) is 3.02. The van der Waals surface area contributed by atoms with Crippen molar-refractivity contribution in [3.05, 3.63) is 35.4 Å². The van der Waals surface area contributed by atoms with E-state index in [-0.39, 0.29) is 6.04 Å². The van der Waals surface area contributed by atoms with Crippen LogP contribution in [-0.2, 0) is 6.42 Å². The first kappa shape index (κ1) is 11.5. The van der Waals surface area contributed by atoms with Crippen LogP contribution >= 0.6 is 0 Å². The number of nitrogens with two attached hydrogens (primary N) is 1. The number of hydrogen-bond acceptors (Lipinski definition) is 1. The lowest BCUT2D eigenvalue weighted by atomic mass is 10.0. The molecule has 1 fully saturated rings. The van der Waals surface area contributed by atoms with Gasteiger partial charge in [-0.1, -0.05) is 18.9 Å². The van der Waals surface area contributed by atoms with Crippen LogP contribution in [0.1, 0.15) is 31.2 Å². The number of hydrogen-bond donors (Lipinski definition) is 1. The van der Waals surface area contributed by atoms with E-state index in [0.29, 0.717) is 6.42 Å². The molecule has 1 nitrogen and oxygen atoms in total. The highest BCUT2D eigenvalue weighted by Crippen LogP contribution is 2.33. The summed E-state index contributed by atoms with van der Waals surface area (Å²) < 4.78 is 25.6. The van der Waals surface area contributed by atoms with Crippen molar-refractivity contribution in [1.29, 1.82) is 0 Å². The summed E-state index contributed by atoms with van der Waals surface area (Å²) in [6.07, 6.45) is 5.44. The molecule has 1 unspecified atom stereocenters. The molecule has 0 heterocycles. The van der Waals surface area contributed by atoms with Gasteiger partial charge in [0.05, 0.1) is 0 Å². The van der Waals surface area contributed by atoms with Crippen molar-refractivity contribution >= 4 is 0 Å². The monoisotopic (exact) mass is 225 g/mol. The van der Waals surface area contributed by atoms with Gasteiger partial charge in [0, 0.05) is 6.04 Å². The van der Waals surface area contributed by atoms with Gasteiger partial charge in [0.1, 0.15) is 0 Å². The fourth-order valence-corrected chi connectivity index (χ4v) is 1.93. The molecule has 2 rings (SSSR count). The molecule has 88 valence electrons. The van der Waals surface area contributed by atoms with E-state index < -0.39 is 11.6 Å². The van der Waals surface area contributed by atoms with Crippen molar-refractivity contribution in [2.45, 2.75) is 38.1 Å². The average Bonchev–Trinajstić information content (AvgIpc) is 3.04. The Morgan fingerprint density at radius 3 is 2.62 bits per heavy atom. The molecule has 0 bridgehead atoms. The number of rotatable bonds is 5. The third kappa shape index (κ3) is 3.27. The zero-order valence-electron chi connectivity index (χ0n) is 9.26. The Hall–Kier alpha value is -0.960. The molecule has 0 aromatic heterocycles. The van der Waals surface area contributed by atoms with Gasteiger partial charge in [0.15, 0.2) is 11.6 Å². The fraction of sp³-hybridized carbons (Fsp3) is 0.538. The molecular formula is C13H17F2N. The standard InChI is InChI=1S/C13H17F2N/c14-12-6-4-10(8-13(12)15)7-11(16)5-3-9-1-2-9/h4,6,8-9,11H,1-3,5,7,16H2. The SMILES string of the molecule is NC(CCC1CC1)Cc1ccc(F)c(F)c1. The van der Waals surface area contributed by atoms with Crippen LogP contribution in [0, 0.1) is 17.6 Å². The van der Waals surface area contributed by atoms with Gasteiger partial charge in [0.2, 0.25) is 0 Å². The Labute approximate surface area is 94.7 Å². The van der Waals surface area contributed by atoms with E-state index in [1.807, 2.05) is 0 Å². The van der Waals surface area contributed by atoms with Gasteiger partial charge in [-0.05, 0) is 42.9 Å². The summed E-state index contributed by atoms with van der Waals surface area (Å²) in [5.41, 5.74) is 6.73. The Morgan fingerprint density at radius 2 is 2.00 bits per heavy atom. The molecule has 2 N–H and O–H groups in total. The van der Waals surface area contributed by atoms with Crippen molar-refractivity contribution in [3.63, 3.8) is 0 Å². The zero-order chi connectivity index (χ0) is 11.5. The first-order valence-electron chi connectivity index (χ1n) is 5.84. The van der Waals surface area contributed by atoms with Gasteiger partial charge in [-0.2, -0.15) is 0 Å². The summed E-state index contributed by atoms with van der Waals surface area (Å²) in [5.74, 6) is -0.710. The molecule has 3 heteroatoms. The van der Waals surface area contributed by atoms with E-state index in [9.17, 15) is 8.78 Å². The second-order valence-corrected chi connectivity index (χ2v) is 4.73. The van der Waals surface area contributed by atoms with E-state index in [1.165, 1.54) is 25.3 Å². The Morgan fingerprint density at radius 1 is 1.25 bits per heavy atom. The van der Waals surface area contributed by atoms with Crippen LogP contribution in [0.15, 0.2) is 18.2 Å². The molecule has 1 saturated carbocycles. The van der Waals surface area contributed by atoms with Crippen LogP contribution in [0.25, 0.3) is 0 Å². The minimum absolute atomic E-state index is 0.0606. The lowest BCUT2D eigenvalue weighted by molar-refractivity contribution is 0.503.